The van der Waals surface area contributed by atoms with Crippen molar-refractivity contribution in [1.82, 2.24) is 4.98 Å². The van der Waals surface area contributed by atoms with Crippen LogP contribution in [0.25, 0.3) is 0 Å². The van der Waals surface area contributed by atoms with E-state index in [4.69, 9.17) is 17.3 Å². The first-order valence-corrected chi connectivity index (χ1v) is 4.21. The third-order valence-corrected chi connectivity index (χ3v) is 1.88. The predicted octanol–water partition coefficient (Wildman–Crippen LogP) is 2.24. The van der Waals surface area contributed by atoms with Gasteiger partial charge in [-0.2, -0.15) is 0 Å². The van der Waals surface area contributed by atoms with Crippen molar-refractivity contribution in [2.24, 2.45) is 5.73 Å². The molecule has 0 unspecified atom stereocenters. The molecule has 0 saturated carbocycles. The van der Waals surface area contributed by atoms with Crippen LogP contribution in [0.1, 0.15) is 25.1 Å². The van der Waals surface area contributed by atoms with Crippen LogP contribution >= 0.6 is 11.6 Å². The number of aryl methyl sites for hydroxylation is 1. The fourth-order valence-corrected chi connectivity index (χ4v) is 1.30. The van der Waals surface area contributed by atoms with Crippen LogP contribution in [0.2, 0.25) is 5.15 Å². The zero-order chi connectivity index (χ0) is 9.35. The molecule has 1 aromatic rings. The summed E-state index contributed by atoms with van der Waals surface area (Å²) in [6.07, 6.45) is 0. The van der Waals surface area contributed by atoms with Gasteiger partial charge in [0, 0.05) is 0 Å². The Balaban J connectivity index is 3.23. The first kappa shape index (κ1) is 9.49. The maximum atomic E-state index is 5.91. The molecule has 2 N–H and O–H groups in total. The lowest BCUT2D eigenvalue weighted by Crippen LogP contribution is -2.30. The zero-order valence-corrected chi connectivity index (χ0v) is 8.31. The van der Waals surface area contributed by atoms with Gasteiger partial charge in [0.05, 0.1) is 11.2 Å². The molecule has 66 valence electrons. The second-order valence-corrected chi connectivity index (χ2v) is 3.91. The second-order valence-electron chi connectivity index (χ2n) is 3.52. The molecular weight excluding hydrogens is 172 g/mol. The molecule has 0 saturated heterocycles. The number of nitrogens with two attached hydrogens (primary N) is 1. The van der Waals surface area contributed by atoms with E-state index in [9.17, 15) is 0 Å². The van der Waals surface area contributed by atoms with Crippen molar-refractivity contribution in [2.75, 3.05) is 0 Å². The summed E-state index contributed by atoms with van der Waals surface area (Å²) in [5, 5.41) is 0.495. The maximum absolute atomic E-state index is 5.91. The average Bonchev–Trinajstić information content (AvgIpc) is 1.92. The Labute approximate surface area is 77.8 Å². The standard InChI is InChI=1S/C9H13ClN2/c1-6-4-5-7(10)12-8(6)9(2,3)11/h4-5H,11H2,1-3H3. The highest BCUT2D eigenvalue weighted by Crippen LogP contribution is 2.20. The molecule has 0 fully saturated rings. The normalized spacial score (nSPS) is 11.8. The fourth-order valence-electron chi connectivity index (χ4n) is 1.16. The van der Waals surface area contributed by atoms with Crippen LogP contribution in [-0.2, 0) is 5.54 Å². The number of aromatic nitrogens is 1. The lowest BCUT2D eigenvalue weighted by molar-refractivity contribution is 0.531. The topological polar surface area (TPSA) is 38.9 Å². The van der Waals surface area contributed by atoms with Crippen molar-refractivity contribution >= 4 is 11.6 Å². The van der Waals surface area contributed by atoms with E-state index in [1.165, 1.54) is 0 Å². The van der Waals surface area contributed by atoms with E-state index < -0.39 is 5.54 Å². The number of halogens is 1. The molecule has 0 aliphatic carbocycles. The SMILES string of the molecule is Cc1ccc(Cl)nc1C(C)(C)N. The summed E-state index contributed by atoms with van der Waals surface area (Å²) in [7, 11) is 0. The third-order valence-electron chi connectivity index (χ3n) is 1.67. The molecule has 0 radical (unpaired) electrons. The van der Waals surface area contributed by atoms with Gasteiger partial charge in [-0.15, -0.1) is 0 Å². The summed E-state index contributed by atoms with van der Waals surface area (Å²) >= 11 is 5.76. The van der Waals surface area contributed by atoms with Crippen molar-refractivity contribution in [3.05, 3.63) is 28.5 Å². The van der Waals surface area contributed by atoms with Crippen molar-refractivity contribution in [2.45, 2.75) is 26.3 Å². The number of pyridine rings is 1. The van der Waals surface area contributed by atoms with Crippen molar-refractivity contribution in [3.63, 3.8) is 0 Å². The van der Waals surface area contributed by atoms with Crippen molar-refractivity contribution in [3.8, 4) is 0 Å². The first-order valence-electron chi connectivity index (χ1n) is 3.84. The molecule has 0 aromatic carbocycles. The Morgan fingerprint density at radius 2 is 2.00 bits per heavy atom. The molecule has 0 aliphatic heterocycles. The summed E-state index contributed by atoms with van der Waals surface area (Å²) in [4.78, 5) is 4.18. The van der Waals surface area contributed by atoms with Gasteiger partial charge >= 0.3 is 0 Å². The minimum Gasteiger partial charge on any atom is -0.321 e. The summed E-state index contributed by atoms with van der Waals surface area (Å²) in [5.41, 5.74) is 7.42. The maximum Gasteiger partial charge on any atom is 0.129 e. The quantitative estimate of drug-likeness (QED) is 0.680. The van der Waals surface area contributed by atoms with Gasteiger partial charge in [-0.25, -0.2) is 4.98 Å². The molecule has 3 heteroatoms. The minimum atomic E-state index is -0.422. The Morgan fingerprint density at radius 3 is 2.42 bits per heavy atom. The molecule has 1 heterocycles. The lowest BCUT2D eigenvalue weighted by Gasteiger charge is -2.20. The van der Waals surface area contributed by atoms with Gasteiger partial charge < -0.3 is 5.73 Å². The Hall–Kier alpha value is -0.600. The molecule has 1 rings (SSSR count). The van der Waals surface area contributed by atoms with E-state index in [0.29, 0.717) is 5.15 Å². The molecule has 0 bridgehead atoms. The van der Waals surface area contributed by atoms with Gasteiger partial charge in [0.2, 0.25) is 0 Å². The van der Waals surface area contributed by atoms with E-state index in [1.54, 1.807) is 6.07 Å². The van der Waals surface area contributed by atoms with Gasteiger partial charge in [0.1, 0.15) is 5.15 Å². The summed E-state index contributed by atoms with van der Waals surface area (Å²) < 4.78 is 0. The smallest absolute Gasteiger partial charge is 0.129 e. The van der Waals surface area contributed by atoms with Crippen molar-refractivity contribution in [1.29, 1.82) is 0 Å². The first-order chi connectivity index (χ1) is 5.41. The second kappa shape index (κ2) is 3.04. The predicted molar refractivity (Wildman–Crippen MR) is 51.2 cm³/mol. The number of nitrogens with zero attached hydrogens (tertiary/aromatic N) is 1. The molecule has 0 spiro atoms. The van der Waals surface area contributed by atoms with E-state index in [1.807, 2.05) is 26.8 Å². The molecule has 0 aliphatic rings. The Morgan fingerprint density at radius 1 is 1.42 bits per heavy atom. The number of rotatable bonds is 1. The van der Waals surface area contributed by atoms with Crippen LogP contribution < -0.4 is 5.73 Å². The molecule has 2 nitrogen and oxygen atoms in total. The van der Waals surface area contributed by atoms with Gasteiger partial charge in [-0.05, 0) is 32.4 Å². The lowest BCUT2D eigenvalue weighted by atomic mass is 9.98. The molecular formula is C9H13ClN2. The van der Waals surface area contributed by atoms with Crippen LogP contribution in [0.15, 0.2) is 12.1 Å². The van der Waals surface area contributed by atoms with Gasteiger partial charge in [0.25, 0.3) is 0 Å². The number of hydrogen-bond acceptors (Lipinski definition) is 2. The van der Waals surface area contributed by atoms with E-state index >= 15 is 0 Å². The highest BCUT2D eigenvalue weighted by molar-refractivity contribution is 6.29. The summed E-state index contributed by atoms with van der Waals surface area (Å²) in [5.74, 6) is 0. The highest BCUT2D eigenvalue weighted by atomic mass is 35.5. The molecule has 12 heavy (non-hydrogen) atoms. The summed E-state index contributed by atoms with van der Waals surface area (Å²) in [6, 6.07) is 3.70. The van der Waals surface area contributed by atoms with Crippen molar-refractivity contribution < 1.29 is 0 Å². The Kier molecular flexibility index (Phi) is 2.40. The van der Waals surface area contributed by atoms with E-state index in [-0.39, 0.29) is 0 Å². The van der Waals surface area contributed by atoms with Gasteiger partial charge in [-0.3, -0.25) is 0 Å². The average molecular weight is 185 g/mol. The summed E-state index contributed by atoms with van der Waals surface area (Å²) in [6.45, 7) is 5.81. The van der Waals surface area contributed by atoms with Crippen LogP contribution in [0.4, 0.5) is 0 Å². The van der Waals surface area contributed by atoms with Crippen LogP contribution in [0.3, 0.4) is 0 Å². The zero-order valence-electron chi connectivity index (χ0n) is 7.56. The fraction of sp³-hybridized carbons (Fsp3) is 0.444. The van der Waals surface area contributed by atoms with Gasteiger partial charge in [-0.1, -0.05) is 17.7 Å². The molecule has 1 aromatic heterocycles. The molecule has 0 atom stereocenters. The highest BCUT2D eigenvalue weighted by Gasteiger charge is 2.18. The third kappa shape index (κ3) is 1.96. The monoisotopic (exact) mass is 184 g/mol. The number of hydrogen-bond donors (Lipinski definition) is 1. The minimum absolute atomic E-state index is 0.422. The molecule has 0 amide bonds. The van der Waals surface area contributed by atoms with E-state index in [2.05, 4.69) is 4.98 Å². The van der Waals surface area contributed by atoms with E-state index in [0.717, 1.165) is 11.3 Å². The van der Waals surface area contributed by atoms with Crippen LogP contribution in [0, 0.1) is 6.92 Å². The Bertz CT molecular complexity index is 289. The largest absolute Gasteiger partial charge is 0.321 e. The van der Waals surface area contributed by atoms with Crippen LogP contribution in [-0.4, -0.2) is 4.98 Å². The van der Waals surface area contributed by atoms with Gasteiger partial charge in [0.15, 0.2) is 0 Å². The van der Waals surface area contributed by atoms with Crippen LogP contribution in [0.5, 0.6) is 0 Å².